The predicted octanol–water partition coefficient (Wildman–Crippen LogP) is 0.928. The molecule has 2 aromatic rings. The van der Waals surface area contributed by atoms with Gasteiger partial charge in [-0.2, -0.15) is 5.10 Å². The van der Waals surface area contributed by atoms with Gasteiger partial charge in [0.05, 0.1) is 12.2 Å². The van der Waals surface area contributed by atoms with Crippen molar-refractivity contribution >= 4 is 15.7 Å². The molecule has 0 saturated carbocycles. The van der Waals surface area contributed by atoms with Crippen LogP contribution in [0, 0.1) is 12.7 Å². The van der Waals surface area contributed by atoms with Crippen molar-refractivity contribution in [1.82, 2.24) is 14.5 Å². The first-order valence-electron chi connectivity index (χ1n) is 5.83. The number of sulfonamides is 1. The Labute approximate surface area is 116 Å². The van der Waals surface area contributed by atoms with Gasteiger partial charge in [0.15, 0.2) is 0 Å². The van der Waals surface area contributed by atoms with Crippen molar-refractivity contribution < 1.29 is 12.8 Å². The quantitative estimate of drug-likeness (QED) is 0.822. The van der Waals surface area contributed by atoms with Gasteiger partial charge in [-0.3, -0.25) is 4.68 Å². The highest BCUT2D eigenvalue weighted by molar-refractivity contribution is 7.89. The largest absolute Gasteiger partial charge is 0.399 e. The van der Waals surface area contributed by atoms with Gasteiger partial charge in [0.25, 0.3) is 0 Å². The number of nitrogen functional groups attached to an aromatic ring is 1. The number of benzene rings is 1. The minimum absolute atomic E-state index is 0.0174. The van der Waals surface area contributed by atoms with Crippen LogP contribution in [0.1, 0.15) is 11.3 Å². The molecule has 1 heterocycles. The molecule has 2 rings (SSSR count). The molecule has 0 aliphatic carbocycles. The number of aromatic nitrogens is 2. The second-order valence-corrected chi connectivity index (χ2v) is 6.19. The van der Waals surface area contributed by atoms with Gasteiger partial charge in [-0.05, 0) is 30.7 Å². The number of halogens is 1. The number of nitrogens with zero attached hydrogens (tertiary/aromatic N) is 2. The molecule has 3 N–H and O–H groups in total. The monoisotopic (exact) mass is 298 g/mol. The number of aryl methyl sites for hydroxylation is 2. The van der Waals surface area contributed by atoms with Gasteiger partial charge in [0.1, 0.15) is 10.7 Å². The van der Waals surface area contributed by atoms with Gasteiger partial charge in [-0.15, -0.1) is 0 Å². The van der Waals surface area contributed by atoms with Crippen molar-refractivity contribution in [2.75, 3.05) is 5.73 Å². The standard InChI is InChI=1S/C12H15FN4O2S/c1-8-5-9(14)6-11(12(8)13)20(18,19)15-7-10-3-4-17(2)16-10/h3-6,15H,7,14H2,1-2H3. The smallest absolute Gasteiger partial charge is 0.243 e. The summed E-state index contributed by atoms with van der Waals surface area (Å²) in [5, 5.41) is 4.04. The van der Waals surface area contributed by atoms with Gasteiger partial charge >= 0.3 is 0 Å². The summed E-state index contributed by atoms with van der Waals surface area (Å²) in [5.74, 6) is -0.798. The van der Waals surface area contributed by atoms with Gasteiger partial charge in [-0.25, -0.2) is 17.5 Å². The minimum Gasteiger partial charge on any atom is -0.399 e. The third kappa shape index (κ3) is 2.97. The van der Waals surface area contributed by atoms with E-state index in [-0.39, 0.29) is 17.8 Å². The van der Waals surface area contributed by atoms with E-state index in [0.717, 1.165) is 6.07 Å². The predicted molar refractivity (Wildman–Crippen MR) is 72.8 cm³/mol. The molecule has 0 aliphatic heterocycles. The van der Waals surface area contributed by atoms with Crippen LogP contribution in [0.15, 0.2) is 29.3 Å². The highest BCUT2D eigenvalue weighted by atomic mass is 32.2. The summed E-state index contributed by atoms with van der Waals surface area (Å²) in [6.45, 7) is 1.44. The summed E-state index contributed by atoms with van der Waals surface area (Å²) >= 11 is 0. The van der Waals surface area contributed by atoms with E-state index in [9.17, 15) is 12.8 Å². The maximum atomic E-state index is 13.9. The molecule has 20 heavy (non-hydrogen) atoms. The Morgan fingerprint density at radius 2 is 2.15 bits per heavy atom. The molecule has 108 valence electrons. The molecule has 0 atom stereocenters. The van der Waals surface area contributed by atoms with Crippen LogP contribution in [0.5, 0.6) is 0 Å². The Hall–Kier alpha value is -1.93. The fourth-order valence-electron chi connectivity index (χ4n) is 1.76. The lowest BCUT2D eigenvalue weighted by Crippen LogP contribution is -2.25. The Morgan fingerprint density at radius 3 is 2.75 bits per heavy atom. The van der Waals surface area contributed by atoms with Crippen molar-refractivity contribution in [3.8, 4) is 0 Å². The summed E-state index contributed by atoms with van der Waals surface area (Å²) < 4.78 is 42.0. The van der Waals surface area contributed by atoms with Crippen molar-refractivity contribution in [3.63, 3.8) is 0 Å². The van der Waals surface area contributed by atoms with Crippen molar-refractivity contribution in [1.29, 1.82) is 0 Å². The molecular weight excluding hydrogens is 283 g/mol. The van der Waals surface area contributed by atoms with Crippen LogP contribution in [0.4, 0.5) is 10.1 Å². The highest BCUT2D eigenvalue weighted by Gasteiger charge is 2.21. The van der Waals surface area contributed by atoms with Crippen LogP contribution in [-0.2, 0) is 23.6 Å². The molecule has 0 unspecified atom stereocenters. The minimum atomic E-state index is -3.98. The van der Waals surface area contributed by atoms with Crippen LogP contribution < -0.4 is 10.5 Å². The molecule has 1 aromatic heterocycles. The van der Waals surface area contributed by atoms with Crippen LogP contribution in [0.2, 0.25) is 0 Å². The number of hydrogen-bond acceptors (Lipinski definition) is 4. The zero-order valence-corrected chi connectivity index (χ0v) is 11.9. The average molecular weight is 298 g/mol. The lowest BCUT2D eigenvalue weighted by atomic mass is 10.2. The molecule has 0 saturated heterocycles. The topological polar surface area (TPSA) is 90.0 Å². The maximum Gasteiger partial charge on any atom is 0.243 e. The first kappa shape index (κ1) is 14.5. The summed E-state index contributed by atoms with van der Waals surface area (Å²) in [4.78, 5) is -0.453. The van der Waals surface area contributed by atoms with E-state index in [4.69, 9.17) is 5.73 Å². The molecule has 0 spiro atoms. The lowest BCUT2D eigenvalue weighted by molar-refractivity contribution is 0.552. The lowest BCUT2D eigenvalue weighted by Gasteiger charge is -2.09. The van der Waals surface area contributed by atoms with Gasteiger partial charge in [-0.1, -0.05) is 0 Å². The zero-order chi connectivity index (χ0) is 14.9. The van der Waals surface area contributed by atoms with E-state index >= 15 is 0 Å². The Kier molecular flexibility index (Phi) is 3.78. The van der Waals surface area contributed by atoms with Crippen molar-refractivity contribution in [2.45, 2.75) is 18.4 Å². The van der Waals surface area contributed by atoms with Crippen LogP contribution in [-0.4, -0.2) is 18.2 Å². The molecule has 0 radical (unpaired) electrons. The van der Waals surface area contributed by atoms with E-state index in [2.05, 4.69) is 9.82 Å². The molecule has 6 nitrogen and oxygen atoms in total. The average Bonchev–Trinajstić information content (AvgIpc) is 2.77. The van der Waals surface area contributed by atoms with E-state index < -0.39 is 20.7 Å². The zero-order valence-electron chi connectivity index (χ0n) is 11.1. The van der Waals surface area contributed by atoms with Gasteiger partial charge in [0.2, 0.25) is 10.0 Å². The van der Waals surface area contributed by atoms with E-state index in [0.29, 0.717) is 5.69 Å². The van der Waals surface area contributed by atoms with Crippen LogP contribution in [0.3, 0.4) is 0 Å². The number of nitrogens with one attached hydrogen (secondary N) is 1. The Bertz CT molecular complexity index is 740. The normalized spacial score (nSPS) is 11.8. The summed E-state index contributed by atoms with van der Waals surface area (Å²) in [7, 11) is -2.26. The summed E-state index contributed by atoms with van der Waals surface area (Å²) in [5.41, 5.74) is 6.48. The maximum absolute atomic E-state index is 13.9. The molecule has 1 aromatic carbocycles. The molecule has 8 heteroatoms. The number of hydrogen-bond donors (Lipinski definition) is 2. The molecule has 0 amide bonds. The fraction of sp³-hybridized carbons (Fsp3) is 0.250. The van der Waals surface area contributed by atoms with Crippen molar-refractivity contribution in [2.24, 2.45) is 7.05 Å². The summed E-state index contributed by atoms with van der Waals surface area (Å²) in [6, 6.07) is 4.15. The first-order valence-corrected chi connectivity index (χ1v) is 7.32. The number of rotatable bonds is 4. The first-order chi connectivity index (χ1) is 9.29. The van der Waals surface area contributed by atoms with Crippen LogP contribution in [0.25, 0.3) is 0 Å². The number of anilines is 1. The third-order valence-corrected chi connectivity index (χ3v) is 4.15. The van der Waals surface area contributed by atoms with Gasteiger partial charge < -0.3 is 5.73 Å². The van der Waals surface area contributed by atoms with Gasteiger partial charge in [0, 0.05) is 18.9 Å². The molecular formula is C12H15FN4O2S. The summed E-state index contributed by atoms with van der Waals surface area (Å²) in [6.07, 6.45) is 1.69. The second kappa shape index (κ2) is 5.22. The molecule has 0 aliphatic rings. The Balaban J connectivity index is 2.27. The van der Waals surface area contributed by atoms with Crippen LogP contribution >= 0.6 is 0 Å². The molecule has 0 fully saturated rings. The van der Waals surface area contributed by atoms with Crippen molar-refractivity contribution in [3.05, 3.63) is 41.5 Å². The van der Waals surface area contributed by atoms with E-state index in [1.54, 1.807) is 24.0 Å². The highest BCUT2D eigenvalue weighted by Crippen LogP contribution is 2.21. The third-order valence-electron chi connectivity index (χ3n) is 2.75. The SMILES string of the molecule is Cc1cc(N)cc(S(=O)(=O)NCc2ccn(C)n2)c1F. The molecule has 0 bridgehead atoms. The Morgan fingerprint density at radius 1 is 1.45 bits per heavy atom. The second-order valence-electron chi connectivity index (χ2n) is 4.46. The fourth-order valence-corrected chi connectivity index (χ4v) is 2.95. The number of nitrogens with two attached hydrogens (primary N) is 1. The van der Waals surface area contributed by atoms with E-state index in [1.165, 1.54) is 13.0 Å². The van der Waals surface area contributed by atoms with E-state index in [1.807, 2.05) is 0 Å².